The van der Waals surface area contributed by atoms with Crippen LogP contribution in [0.3, 0.4) is 0 Å². The van der Waals surface area contributed by atoms with E-state index in [0.717, 1.165) is 22.7 Å². The van der Waals surface area contributed by atoms with Crippen molar-refractivity contribution in [2.45, 2.75) is 24.6 Å². The number of amides is 2. The molecule has 0 aliphatic carbocycles. The summed E-state index contributed by atoms with van der Waals surface area (Å²) in [6.45, 7) is 0.145. The number of aromatic nitrogens is 4. The number of aliphatic hydroxyl groups excluding tert-OH is 1. The van der Waals surface area contributed by atoms with Gasteiger partial charge in [-0.2, -0.15) is 13.9 Å². The van der Waals surface area contributed by atoms with Crippen molar-refractivity contribution in [3.8, 4) is 0 Å². The van der Waals surface area contributed by atoms with Gasteiger partial charge < -0.3 is 30.5 Å². The predicted octanol–water partition coefficient (Wildman–Crippen LogP) is -1.06. The highest BCUT2D eigenvalue weighted by atomic mass is 32.2. The Hall–Kier alpha value is -4.02. The summed E-state index contributed by atoms with van der Waals surface area (Å²) in [5, 5.41) is 25.2. The van der Waals surface area contributed by atoms with Gasteiger partial charge in [-0.25, -0.2) is 4.79 Å². The van der Waals surface area contributed by atoms with Crippen LogP contribution in [0.15, 0.2) is 47.1 Å². The van der Waals surface area contributed by atoms with Crippen molar-refractivity contribution in [1.82, 2.24) is 24.0 Å². The lowest BCUT2D eigenvalue weighted by Crippen LogP contribution is -2.71. The number of nitrogens with one attached hydrogen (secondary N) is 1. The van der Waals surface area contributed by atoms with Crippen molar-refractivity contribution in [2.75, 3.05) is 18.6 Å². The van der Waals surface area contributed by atoms with Gasteiger partial charge in [-0.15, -0.1) is 11.8 Å². The molecule has 192 valence electrons. The first-order chi connectivity index (χ1) is 17.8. The summed E-state index contributed by atoms with van der Waals surface area (Å²) in [4.78, 5) is 47.9. The Kier molecular flexibility index (Phi) is 6.53. The van der Waals surface area contributed by atoms with Crippen LogP contribution in [0.2, 0.25) is 0 Å². The number of carbonyl (C=O) groups is 3. The number of carboxylic acid groups (broad SMARTS) is 1. The molecule has 16 heteroatoms. The van der Waals surface area contributed by atoms with Gasteiger partial charge in [0.2, 0.25) is 11.5 Å². The van der Waals surface area contributed by atoms with Crippen molar-refractivity contribution in [2.24, 2.45) is 5.16 Å². The second kappa shape index (κ2) is 9.79. The number of thioether (sulfide) groups is 1. The molecule has 2 amide bonds. The van der Waals surface area contributed by atoms with Crippen LogP contribution in [-0.4, -0.2) is 76.6 Å². The number of anilines is 1. The summed E-state index contributed by atoms with van der Waals surface area (Å²) in [6.07, 6.45) is 5.39. The normalized spacial score (nSPS) is 19.6. The predicted molar refractivity (Wildman–Crippen MR) is 131 cm³/mol. The molecule has 5 heterocycles. The van der Waals surface area contributed by atoms with Gasteiger partial charge in [0.25, 0.3) is 11.8 Å². The van der Waals surface area contributed by atoms with Crippen LogP contribution in [0.4, 0.5) is 5.13 Å². The van der Waals surface area contributed by atoms with E-state index in [1.54, 1.807) is 18.5 Å². The van der Waals surface area contributed by atoms with E-state index < -0.39 is 29.2 Å². The standard InChI is InChI=1S/C21H20N8O6S2/c1-35-25-13(16-24-21(22)37-26-16)17(31)23-14-18(32)29-15(20(33)34)10(9-36-19(14)29)6-27-4-5-28-11(7-27)2-3-12(28)8-30/h2-5,7,14,19,30H,6,8-9H2,1H3,(H3-,22,23,24,26,31,33,34)/p+1/b25-13-/t14-,19-/m1/s1. The highest BCUT2D eigenvalue weighted by Gasteiger charge is 2.54. The number of carbonyl (C=O) groups excluding carboxylic acids is 2. The van der Waals surface area contributed by atoms with Crippen LogP contribution in [0.5, 0.6) is 0 Å². The minimum atomic E-state index is -1.23. The number of fused-ring (bicyclic) bond motifs is 2. The van der Waals surface area contributed by atoms with Crippen LogP contribution in [0.25, 0.3) is 5.52 Å². The number of aliphatic carboxylic acids is 1. The molecule has 5 rings (SSSR count). The van der Waals surface area contributed by atoms with Crippen LogP contribution >= 0.6 is 23.3 Å². The van der Waals surface area contributed by atoms with E-state index in [4.69, 9.17) is 10.6 Å². The van der Waals surface area contributed by atoms with E-state index in [9.17, 15) is 24.6 Å². The summed E-state index contributed by atoms with van der Waals surface area (Å²) in [6, 6.07) is 2.69. The monoisotopic (exact) mass is 545 g/mol. The molecular formula is C21H21N8O6S2+. The van der Waals surface area contributed by atoms with Gasteiger partial charge in [0, 0.05) is 28.6 Å². The second-order valence-corrected chi connectivity index (χ2v) is 9.96. The molecule has 2 atom stereocenters. The average Bonchev–Trinajstić information content (AvgIpc) is 3.50. The SMILES string of the molecule is CO/N=C(\C(=O)N[C@@H]1C(=O)N2C(C(=O)O)=C(C[n+]3ccn4c(CO)ccc4c3)CS[C@H]12)c1nsc(N)n1. The largest absolute Gasteiger partial charge is 0.477 e. The van der Waals surface area contributed by atoms with Crippen molar-refractivity contribution in [3.05, 3.63) is 53.5 Å². The number of nitrogen functional groups attached to an aromatic ring is 1. The fourth-order valence-corrected chi connectivity index (χ4v) is 6.00. The molecule has 0 saturated carbocycles. The summed E-state index contributed by atoms with van der Waals surface area (Å²) >= 11 is 2.22. The number of nitrogens with two attached hydrogens (primary N) is 1. The molecule has 5 N–H and O–H groups in total. The van der Waals surface area contributed by atoms with Crippen LogP contribution in [0, 0.1) is 0 Å². The molecule has 14 nitrogen and oxygen atoms in total. The molecule has 1 saturated heterocycles. The van der Waals surface area contributed by atoms with Gasteiger partial charge in [0.05, 0.1) is 12.8 Å². The van der Waals surface area contributed by atoms with Gasteiger partial charge in [-0.1, -0.05) is 5.16 Å². The van der Waals surface area contributed by atoms with Gasteiger partial charge in [0.15, 0.2) is 24.1 Å². The molecule has 1 fully saturated rings. The van der Waals surface area contributed by atoms with E-state index in [1.807, 2.05) is 21.2 Å². The van der Waals surface area contributed by atoms with Gasteiger partial charge in [0.1, 0.15) is 29.7 Å². The summed E-state index contributed by atoms with van der Waals surface area (Å²) in [7, 11) is 1.25. The number of hydrogen-bond donors (Lipinski definition) is 4. The Morgan fingerprint density at radius 2 is 2.22 bits per heavy atom. The molecule has 3 aromatic heterocycles. The zero-order chi connectivity index (χ0) is 26.3. The highest BCUT2D eigenvalue weighted by molar-refractivity contribution is 8.00. The molecule has 2 aliphatic heterocycles. The maximum absolute atomic E-state index is 13.0. The molecular weight excluding hydrogens is 524 g/mol. The minimum Gasteiger partial charge on any atom is -0.477 e. The van der Waals surface area contributed by atoms with Crippen LogP contribution in [-0.2, 0) is 32.4 Å². The average molecular weight is 546 g/mol. The van der Waals surface area contributed by atoms with E-state index in [2.05, 4.69) is 19.8 Å². The number of nitrogens with zero attached hydrogens (tertiary/aromatic N) is 6. The highest BCUT2D eigenvalue weighted by Crippen LogP contribution is 2.40. The molecule has 0 spiro atoms. The summed E-state index contributed by atoms with van der Waals surface area (Å²) in [5.74, 6) is -2.23. The van der Waals surface area contributed by atoms with Crippen molar-refractivity contribution in [1.29, 1.82) is 0 Å². The lowest BCUT2D eigenvalue weighted by molar-refractivity contribution is -0.688. The Morgan fingerprint density at radius 1 is 1.41 bits per heavy atom. The van der Waals surface area contributed by atoms with Gasteiger partial charge in [-0.3, -0.25) is 14.5 Å². The maximum Gasteiger partial charge on any atom is 0.352 e. The Morgan fingerprint density at radius 3 is 2.89 bits per heavy atom. The Balaban J connectivity index is 1.35. The topological polar surface area (TPSA) is 189 Å². The zero-order valence-electron chi connectivity index (χ0n) is 19.3. The number of β-lactam (4-membered cyclic amide) rings is 1. The fraction of sp³-hybridized carbons (Fsp3) is 0.286. The molecule has 0 aromatic carbocycles. The molecule has 37 heavy (non-hydrogen) atoms. The summed E-state index contributed by atoms with van der Waals surface area (Å²) < 4.78 is 7.60. The number of aliphatic hydroxyl groups is 1. The maximum atomic E-state index is 13.0. The zero-order valence-corrected chi connectivity index (χ0v) is 20.9. The number of carboxylic acids is 1. The van der Waals surface area contributed by atoms with E-state index >= 15 is 0 Å². The molecule has 0 unspecified atom stereocenters. The van der Waals surface area contributed by atoms with Gasteiger partial charge >= 0.3 is 5.97 Å². The quantitative estimate of drug-likeness (QED) is 0.118. The molecule has 0 radical (unpaired) electrons. The number of rotatable bonds is 8. The third-order valence-electron chi connectivity index (χ3n) is 5.86. The smallest absolute Gasteiger partial charge is 0.352 e. The first-order valence-corrected chi connectivity index (χ1v) is 12.7. The molecule has 3 aromatic rings. The van der Waals surface area contributed by atoms with Crippen LogP contribution < -0.4 is 15.6 Å². The fourth-order valence-electron chi connectivity index (χ4n) is 4.23. The Labute approximate surface area is 217 Å². The van der Waals surface area contributed by atoms with E-state index in [-0.39, 0.29) is 35.5 Å². The lowest BCUT2D eigenvalue weighted by atomic mass is 10.0. The first kappa shape index (κ1) is 24.7. The third-order valence-corrected chi connectivity index (χ3v) is 7.74. The summed E-state index contributed by atoms with van der Waals surface area (Å²) in [5.41, 5.74) is 7.35. The van der Waals surface area contributed by atoms with Gasteiger partial charge in [-0.05, 0) is 12.1 Å². The number of oxime groups is 1. The Bertz CT molecular complexity index is 1480. The van der Waals surface area contributed by atoms with Crippen molar-refractivity contribution in [3.63, 3.8) is 0 Å². The third kappa shape index (κ3) is 4.38. The van der Waals surface area contributed by atoms with E-state index in [1.165, 1.54) is 23.8 Å². The van der Waals surface area contributed by atoms with Crippen molar-refractivity contribution < 1.29 is 34.0 Å². The minimum absolute atomic E-state index is 0.0433. The first-order valence-electron chi connectivity index (χ1n) is 10.8. The molecule has 2 aliphatic rings. The number of hydrogen-bond acceptors (Lipinski definition) is 11. The second-order valence-electron chi connectivity index (χ2n) is 8.07. The lowest BCUT2D eigenvalue weighted by Gasteiger charge is -2.49. The van der Waals surface area contributed by atoms with E-state index in [0.29, 0.717) is 11.3 Å². The van der Waals surface area contributed by atoms with Crippen molar-refractivity contribution >= 4 is 57.4 Å². The van der Waals surface area contributed by atoms with Crippen LogP contribution in [0.1, 0.15) is 11.5 Å². The molecule has 0 bridgehead atoms.